The zero-order valence-electron chi connectivity index (χ0n) is 10.4. The number of nitrogens with two attached hydrogens (primary N) is 1. The van der Waals surface area contributed by atoms with Crippen LogP contribution in [0.5, 0.6) is 5.75 Å². The first kappa shape index (κ1) is 13.1. The molecular weight excluding hydrogens is 294 g/mol. The van der Waals surface area contributed by atoms with Crippen LogP contribution in [0.4, 0.5) is 0 Å². The minimum atomic E-state index is -0.277. The second-order valence-electron chi connectivity index (χ2n) is 3.99. The van der Waals surface area contributed by atoms with Crippen molar-refractivity contribution >= 4 is 15.9 Å². The fourth-order valence-electron chi connectivity index (χ4n) is 1.81. The summed E-state index contributed by atoms with van der Waals surface area (Å²) in [7, 11) is 1.64. The lowest BCUT2D eigenvalue weighted by Crippen LogP contribution is -2.13. The Kier molecular flexibility index (Phi) is 4.04. The molecule has 0 aliphatic heterocycles. The number of ether oxygens (including phenoxy) is 1. The lowest BCUT2D eigenvalue weighted by Gasteiger charge is -2.14. The highest BCUT2D eigenvalue weighted by Gasteiger charge is 2.16. The molecule has 1 aromatic carbocycles. The van der Waals surface area contributed by atoms with E-state index in [9.17, 15) is 0 Å². The molecule has 1 unspecified atom stereocenters. The van der Waals surface area contributed by atoms with Gasteiger partial charge in [0, 0.05) is 22.8 Å². The Morgan fingerprint density at radius 2 is 2.28 bits per heavy atom. The number of aryl methyl sites for hydroxylation is 1. The second kappa shape index (κ2) is 5.54. The smallest absolute Gasteiger partial charge is 0.125 e. The van der Waals surface area contributed by atoms with Gasteiger partial charge in [0.15, 0.2) is 0 Å². The SMILES string of the molecule is CCn1cnc(C(N)c2ccc(Br)cc2OC)c1. The summed E-state index contributed by atoms with van der Waals surface area (Å²) in [5, 5.41) is 0. The van der Waals surface area contributed by atoms with E-state index in [2.05, 4.69) is 27.8 Å². The predicted octanol–water partition coefficient (Wildman–Crippen LogP) is 2.72. The average Bonchev–Trinajstić information content (AvgIpc) is 2.86. The molecule has 0 saturated carbocycles. The summed E-state index contributed by atoms with van der Waals surface area (Å²) < 4.78 is 8.32. The Balaban J connectivity index is 2.35. The van der Waals surface area contributed by atoms with Crippen LogP contribution in [-0.4, -0.2) is 16.7 Å². The molecule has 2 rings (SSSR count). The average molecular weight is 310 g/mol. The van der Waals surface area contributed by atoms with Gasteiger partial charge < -0.3 is 15.0 Å². The van der Waals surface area contributed by atoms with Gasteiger partial charge in [0.25, 0.3) is 0 Å². The van der Waals surface area contributed by atoms with Gasteiger partial charge in [-0.2, -0.15) is 0 Å². The Hall–Kier alpha value is -1.33. The Bertz CT molecular complexity index is 539. The molecule has 0 spiro atoms. The molecule has 0 amide bonds. The predicted molar refractivity (Wildman–Crippen MR) is 74.6 cm³/mol. The maximum absolute atomic E-state index is 6.24. The Morgan fingerprint density at radius 1 is 1.50 bits per heavy atom. The number of rotatable bonds is 4. The van der Waals surface area contributed by atoms with E-state index in [-0.39, 0.29) is 6.04 Å². The summed E-state index contributed by atoms with van der Waals surface area (Å²) >= 11 is 3.42. The second-order valence-corrected chi connectivity index (χ2v) is 4.91. The molecule has 1 atom stereocenters. The van der Waals surface area contributed by atoms with Gasteiger partial charge in [-0.25, -0.2) is 4.98 Å². The number of nitrogens with zero attached hydrogens (tertiary/aromatic N) is 2. The molecule has 96 valence electrons. The number of halogens is 1. The molecule has 5 heteroatoms. The van der Waals surface area contributed by atoms with Crippen molar-refractivity contribution in [1.29, 1.82) is 0 Å². The zero-order valence-corrected chi connectivity index (χ0v) is 12.0. The monoisotopic (exact) mass is 309 g/mol. The van der Waals surface area contributed by atoms with Gasteiger partial charge in [-0.15, -0.1) is 0 Å². The first-order valence-electron chi connectivity index (χ1n) is 5.76. The molecule has 0 saturated heterocycles. The third kappa shape index (κ3) is 2.57. The quantitative estimate of drug-likeness (QED) is 0.944. The lowest BCUT2D eigenvalue weighted by molar-refractivity contribution is 0.407. The van der Waals surface area contributed by atoms with Crippen LogP contribution in [0.15, 0.2) is 35.2 Å². The fourth-order valence-corrected chi connectivity index (χ4v) is 2.15. The summed E-state index contributed by atoms with van der Waals surface area (Å²) in [6, 6.07) is 5.54. The number of aromatic nitrogens is 2. The molecule has 2 aromatic rings. The van der Waals surface area contributed by atoms with E-state index >= 15 is 0 Å². The van der Waals surface area contributed by atoms with Crippen LogP contribution >= 0.6 is 15.9 Å². The normalized spacial score (nSPS) is 12.4. The maximum Gasteiger partial charge on any atom is 0.125 e. The van der Waals surface area contributed by atoms with E-state index in [4.69, 9.17) is 10.5 Å². The molecular formula is C13H16BrN3O. The fraction of sp³-hybridized carbons (Fsp3) is 0.308. The van der Waals surface area contributed by atoms with Gasteiger partial charge in [0.2, 0.25) is 0 Å². The lowest BCUT2D eigenvalue weighted by atomic mass is 10.0. The van der Waals surface area contributed by atoms with E-state index in [1.807, 2.05) is 29.0 Å². The third-order valence-electron chi connectivity index (χ3n) is 2.87. The van der Waals surface area contributed by atoms with Gasteiger partial charge >= 0.3 is 0 Å². The van der Waals surface area contributed by atoms with E-state index in [0.717, 1.165) is 28.0 Å². The molecule has 0 aliphatic rings. The van der Waals surface area contributed by atoms with E-state index in [1.54, 1.807) is 13.4 Å². The first-order valence-corrected chi connectivity index (χ1v) is 6.55. The third-order valence-corrected chi connectivity index (χ3v) is 3.36. The van der Waals surface area contributed by atoms with Gasteiger partial charge in [-0.05, 0) is 19.1 Å². The number of hydrogen-bond acceptors (Lipinski definition) is 3. The molecule has 0 bridgehead atoms. The van der Waals surface area contributed by atoms with Crippen molar-refractivity contribution in [3.05, 3.63) is 46.5 Å². The van der Waals surface area contributed by atoms with Crippen LogP contribution in [0.1, 0.15) is 24.2 Å². The zero-order chi connectivity index (χ0) is 13.1. The molecule has 1 aromatic heterocycles. The largest absolute Gasteiger partial charge is 0.496 e. The summed E-state index contributed by atoms with van der Waals surface area (Å²) in [6.45, 7) is 2.95. The van der Waals surface area contributed by atoms with Crippen molar-refractivity contribution in [2.75, 3.05) is 7.11 Å². The molecule has 0 radical (unpaired) electrons. The van der Waals surface area contributed by atoms with E-state index in [0.29, 0.717) is 0 Å². The summed E-state index contributed by atoms with van der Waals surface area (Å²) in [6.07, 6.45) is 3.76. The van der Waals surface area contributed by atoms with Crippen molar-refractivity contribution in [2.24, 2.45) is 5.73 Å². The van der Waals surface area contributed by atoms with E-state index < -0.39 is 0 Å². The van der Waals surface area contributed by atoms with Crippen molar-refractivity contribution in [3.63, 3.8) is 0 Å². The van der Waals surface area contributed by atoms with Gasteiger partial charge in [-0.1, -0.05) is 22.0 Å². The minimum Gasteiger partial charge on any atom is -0.496 e. The van der Waals surface area contributed by atoms with Crippen LogP contribution in [0, 0.1) is 0 Å². The topological polar surface area (TPSA) is 53.1 Å². The van der Waals surface area contributed by atoms with Gasteiger partial charge in [0.1, 0.15) is 5.75 Å². The highest BCUT2D eigenvalue weighted by molar-refractivity contribution is 9.10. The summed E-state index contributed by atoms with van der Waals surface area (Å²) in [4.78, 5) is 4.33. The molecule has 2 N–H and O–H groups in total. The summed E-state index contributed by atoms with van der Waals surface area (Å²) in [5.41, 5.74) is 8.02. The number of hydrogen-bond donors (Lipinski definition) is 1. The van der Waals surface area contributed by atoms with Crippen LogP contribution in [0.3, 0.4) is 0 Å². The van der Waals surface area contributed by atoms with Crippen LogP contribution < -0.4 is 10.5 Å². The van der Waals surface area contributed by atoms with Crippen molar-refractivity contribution in [2.45, 2.75) is 19.5 Å². The number of imidazole rings is 1. The van der Waals surface area contributed by atoms with Crippen molar-refractivity contribution < 1.29 is 4.74 Å². The highest BCUT2D eigenvalue weighted by Crippen LogP contribution is 2.30. The van der Waals surface area contributed by atoms with Gasteiger partial charge in [0.05, 0.1) is 25.2 Å². The molecule has 0 aliphatic carbocycles. The number of methoxy groups -OCH3 is 1. The molecule has 1 heterocycles. The van der Waals surface area contributed by atoms with Crippen molar-refractivity contribution in [3.8, 4) is 5.75 Å². The standard InChI is InChI=1S/C13H16BrN3O/c1-3-17-7-11(16-8-17)13(15)10-5-4-9(14)6-12(10)18-2/h4-8,13H,3,15H2,1-2H3. The van der Waals surface area contributed by atoms with Gasteiger partial charge in [-0.3, -0.25) is 0 Å². The van der Waals surface area contributed by atoms with Crippen LogP contribution in [-0.2, 0) is 6.54 Å². The highest BCUT2D eigenvalue weighted by atomic mass is 79.9. The maximum atomic E-state index is 6.24. The van der Waals surface area contributed by atoms with E-state index in [1.165, 1.54) is 0 Å². The minimum absolute atomic E-state index is 0.277. The molecule has 18 heavy (non-hydrogen) atoms. The molecule has 0 fully saturated rings. The Labute approximate surface area is 115 Å². The molecule has 4 nitrogen and oxygen atoms in total. The Morgan fingerprint density at radius 3 is 2.89 bits per heavy atom. The first-order chi connectivity index (χ1) is 8.65. The van der Waals surface area contributed by atoms with Crippen molar-refractivity contribution in [1.82, 2.24) is 9.55 Å². The number of benzene rings is 1. The van der Waals surface area contributed by atoms with Crippen LogP contribution in [0.25, 0.3) is 0 Å². The summed E-state index contributed by atoms with van der Waals surface area (Å²) in [5.74, 6) is 0.767. The van der Waals surface area contributed by atoms with Crippen LogP contribution in [0.2, 0.25) is 0 Å².